The van der Waals surface area contributed by atoms with Crippen molar-refractivity contribution < 1.29 is 0 Å². The van der Waals surface area contributed by atoms with Crippen LogP contribution in [0.3, 0.4) is 0 Å². The molecule has 0 nitrogen and oxygen atoms in total. The molecule has 0 spiro atoms. The Labute approximate surface area is 234 Å². The molecule has 0 aliphatic carbocycles. The first-order chi connectivity index (χ1) is 18.8. The van der Waals surface area contributed by atoms with E-state index in [0.29, 0.717) is 0 Å². The summed E-state index contributed by atoms with van der Waals surface area (Å²) in [5.41, 5.74) is 8.66. The molecule has 0 unspecified atom stereocenters. The van der Waals surface area contributed by atoms with Gasteiger partial charge in [0.05, 0.1) is 0 Å². The van der Waals surface area contributed by atoms with Crippen molar-refractivity contribution in [2.24, 2.45) is 0 Å². The quantitative estimate of drug-likeness (QED) is 0.141. The van der Waals surface area contributed by atoms with Crippen LogP contribution in [0, 0.1) is 0 Å². The predicted molar refractivity (Wildman–Crippen MR) is 169 cm³/mol. The van der Waals surface area contributed by atoms with Gasteiger partial charge in [0.2, 0.25) is 0 Å². The van der Waals surface area contributed by atoms with Gasteiger partial charge in [-0.05, 0) is 0 Å². The van der Waals surface area contributed by atoms with E-state index in [-0.39, 0.29) is 21.8 Å². The van der Waals surface area contributed by atoms with Gasteiger partial charge in [0, 0.05) is 55.2 Å². The molecule has 0 aliphatic rings. The van der Waals surface area contributed by atoms with E-state index in [1.165, 1.54) is 33.4 Å². The molecule has 2 heteroatoms. The zero-order valence-electron chi connectivity index (χ0n) is 21.9. The number of rotatable bonds is 12. The van der Waals surface area contributed by atoms with Crippen molar-refractivity contribution in [3.05, 3.63) is 179 Å². The van der Waals surface area contributed by atoms with Crippen molar-refractivity contribution in [2.45, 2.75) is 34.5 Å². The Morgan fingerprint density at radius 1 is 0.237 bits per heavy atom. The second kappa shape index (κ2) is 14.1. The minimum absolute atomic E-state index is 0.254. The average molecular weight is 533 g/mol. The van der Waals surface area contributed by atoms with Crippen LogP contribution in [-0.2, 0) is 56.3 Å². The van der Waals surface area contributed by atoms with Gasteiger partial charge >= 0.3 is 0 Å². The van der Waals surface area contributed by atoms with Gasteiger partial charge in [-0.2, -0.15) is 0 Å². The Bertz CT molecular complexity index is 1140. The van der Waals surface area contributed by atoms with E-state index in [1.54, 1.807) is 0 Å². The fourth-order valence-electron chi connectivity index (χ4n) is 4.75. The topological polar surface area (TPSA) is 0 Å². The lowest BCUT2D eigenvalue weighted by molar-refractivity contribution is 1.25. The van der Waals surface area contributed by atoms with Gasteiger partial charge in [-0.25, -0.2) is 0 Å². The fourth-order valence-corrected chi connectivity index (χ4v) is 9.34. The highest BCUT2D eigenvalue weighted by Crippen LogP contribution is 2.23. The first kappa shape index (κ1) is 26.4. The first-order valence-electron chi connectivity index (χ1n) is 13.3. The van der Waals surface area contributed by atoms with Crippen LogP contribution in [0.25, 0.3) is 0 Å². The second-order valence-corrected chi connectivity index (χ2v) is 14.0. The highest BCUT2D eigenvalue weighted by molar-refractivity contribution is 7.94. The summed E-state index contributed by atoms with van der Waals surface area (Å²) >= 11 is 0. The predicted octanol–water partition coefficient (Wildman–Crippen LogP) is 8.72. The van der Waals surface area contributed by atoms with E-state index in [4.69, 9.17) is 0 Å². The Kier molecular flexibility index (Phi) is 9.79. The standard InChI is InChI=1S/C36H36S2/c1-5-13-31(14-6-1)25-37(26-32-15-7-2-8-16-32)29-35-21-23-36(24-22-35)30-38(27-33-17-9-3-10-18-33)28-34-19-11-4-12-20-34/h1-24H,25-30H2/q+2. The van der Waals surface area contributed by atoms with Gasteiger partial charge in [0.15, 0.2) is 0 Å². The van der Waals surface area contributed by atoms with E-state index in [1.807, 2.05) is 0 Å². The summed E-state index contributed by atoms with van der Waals surface area (Å²) in [6, 6.07) is 53.5. The summed E-state index contributed by atoms with van der Waals surface area (Å²) in [6.45, 7) is 0. The van der Waals surface area contributed by atoms with Crippen molar-refractivity contribution in [1.29, 1.82) is 0 Å². The number of hydrogen-bond donors (Lipinski definition) is 0. The van der Waals surface area contributed by atoms with Gasteiger partial charge in [-0.3, -0.25) is 0 Å². The largest absolute Gasteiger partial charge is 0.133 e. The molecule has 0 heterocycles. The van der Waals surface area contributed by atoms with Crippen LogP contribution in [0.5, 0.6) is 0 Å². The van der Waals surface area contributed by atoms with E-state index in [0.717, 1.165) is 34.5 Å². The minimum atomic E-state index is 0.254. The van der Waals surface area contributed by atoms with Crippen LogP contribution in [-0.4, -0.2) is 0 Å². The third-order valence-corrected chi connectivity index (χ3v) is 11.1. The normalized spacial score (nSPS) is 11.2. The SMILES string of the molecule is c1ccc(C[S+](Cc2ccccc2)Cc2ccc(C[S+](Cc3ccccc3)Cc3ccccc3)cc2)cc1. The Morgan fingerprint density at radius 3 is 0.632 bits per heavy atom. The molecule has 0 atom stereocenters. The van der Waals surface area contributed by atoms with Crippen LogP contribution in [0.1, 0.15) is 33.4 Å². The summed E-state index contributed by atoms with van der Waals surface area (Å²) < 4.78 is 0. The van der Waals surface area contributed by atoms with Crippen molar-refractivity contribution in [3.8, 4) is 0 Å². The molecule has 0 N–H and O–H groups in total. The lowest BCUT2D eigenvalue weighted by Gasteiger charge is -2.12. The van der Waals surface area contributed by atoms with Crippen LogP contribution < -0.4 is 0 Å². The summed E-state index contributed by atoms with van der Waals surface area (Å²) in [7, 11) is 0.508. The average Bonchev–Trinajstić information content (AvgIpc) is 2.96. The lowest BCUT2D eigenvalue weighted by Crippen LogP contribution is -2.13. The molecule has 0 bridgehead atoms. The maximum atomic E-state index is 2.39. The summed E-state index contributed by atoms with van der Waals surface area (Å²) in [6.07, 6.45) is 0. The molecule has 0 amide bonds. The molecule has 190 valence electrons. The fraction of sp³-hybridized carbons (Fsp3) is 0.167. The van der Waals surface area contributed by atoms with E-state index < -0.39 is 0 Å². The maximum absolute atomic E-state index is 2.39. The number of hydrogen-bond acceptors (Lipinski definition) is 0. The smallest absolute Gasteiger partial charge is 0.0622 e. The van der Waals surface area contributed by atoms with E-state index in [9.17, 15) is 0 Å². The molecular formula is C36H36S2+2. The molecule has 5 aromatic rings. The van der Waals surface area contributed by atoms with Gasteiger partial charge in [0.1, 0.15) is 34.5 Å². The Hall–Kier alpha value is -3.20. The molecule has 5 aromatic carbocycles. The summed E-state index contributed by atoms with van der Waals surface area (Å²) in [5, 5.41) is 0. The highest BCUT2D eigenvalue weighted by Gasteiger charge is 2.23. The molecule has 5 rings (SSSR count). The minimum Gasteiger partial charge on any atom is -0.0622 e. The van der Waals surface area contributed by atoms with Crippen molar-refractivity contribution in [2.75, 3.05) is 0 Å². The third-order valence-electron chi connectivity index (χ3n) is 6.62. The molecule has 0 fully saturated rings. The van der Waals surface area contributed by atoms with Crippen LogP contribution in [0.2, 0.25) is 0 Å². The van der Waals surface area contributed by atoms with Crippen molar-refractivity contribution >= 4 is 21.8 Å². The molecule has 0 radical (unpaired) electrons. The second-order valence-electron chi connectivity index (χ2n) is 9.85. The van der Waals surface area contributed by atoms with Gasteiger partial charge in [0.25, 0.3) is 0 Å². The van der Waals surface area contributed by atoms with Crippen LogP contribution >= 0.6 is 0 Å². The molecule has 0 aliphatic heterocycles. The molecule has 38 heavy (non-hydrogen) atoms. The molecule has 0 saturated heterocycles. The molecule has 0 aromatic heterocycles. The third kappa shape index (κ3) is 8.41. The monoisotopic (exact) mass is 532 g/mol. The van der Waals surface area contributed by atoms with Crippen molar-refractivity contribution in [3.63, 3.8) is 0 Å². The number of benzene rings is 5. The summed E-state index contributed by atoms with van der Waals surface area (Å²) in [4.78, 5) is 0. The summed E-state index contributed by atoms with van der Waals surface area (Å²) in [5.74, 6) is 6.79. The van der Waals surface area contributed by atoms with Gasteiger partial charge in [-0.1, -0.05) is 146 Å². The van der Waals surface area contributed by atoms with Gasteiger partial charge < -0.3 is 0 Å². The zero-order chi connectivity index (χ0) is 25.8. The zero-order valence-corrected chi connectivity index (χ0v) is 23.5. The Morgan fingerprint density at radius 2 is 0.421 bits per heavy atom. The lowest BCUT2D eigenvalue weighted by atomic mass is 10.2. The first-order valence-corrected chi connectivity index (χ1v) is 16.8. The van der Waals surface area contributed by atoms with Crippen LogP contribution in [0.4, 0.5) is 0 Å². The maximum Gasteiger partial charge on any atom is 0.133 e. The molecule has 0 saturated carbocycles. The Balaban J connectivity index is 1.28. The van der Waals surface area contributed by atoms with E-state index >= 15 is 0 Å². The van der Waals surface area contributed by atoms with Gasteiger partial charge in [-0.15, -0.1) is 0 Å². The molecular weight excluding hydrogens is 497 g/mol. The van der Waals surface area contributed by atoms with E-state index in [2.05, 4.69) is 146 Å². The van der Waals surface area contributed by atoms with Crippen molar-refractivity contribution in [1.82, 2.24) is 0 Å². The van der Waals surface area contributed by atoms with Crippen LogP contribution in [0.15, 0.2) is 146 Å². The highest BCUT2D eigenvalue weighted by atomic mass is 32.2.